The van der Waals surface area contributed by atoms with Crippen molar-refractivity contribution in [3.63, 3.8) is 0 Å². The maximum absolute atomic E-state index is 12.7. The van der Waals surface area contributed by atoms with Crippen LogP contribution in [-0.2, 0) is 14.3 Å². The number of nitrogens with zero attached hydrogens (tertiary/aromatic N) is 1. The first-order valence-electron chi connectivity index (χ1n) is 14.2. The summed E-state index contributed by atoms with van der Waals surface area (Å²) in [5.74, 6) is -0.435. The average molecular weight is 515 g/mol. The van der Waals surface area contributed by atoms with Gasteiger partial charge in [-0.1, -0.05) is 110 Å². The quantitative estimate of drug-likeness (QED) is 0.0458. The lowest BCUT2D eigenvalue weighted by Gasteiger charge is -2.23. The van der Waals surface area contributed by atoms with E-state index in [4.69, 9.17) is 9.47 Å². The smallest absolute Gasteiger partial charge is 0.333 e. The first-order chi connectivity index (χ1) is 16.7. The Labute approximate surface area is 218 Å². The van der Waals surface area contributed by atoms with Crippen molar-refractivity contribution in [1.82, 2.24) is 0 Å². The van der Waals surface area contributed by atoms with E-state index in [9.17, 15) is 9.69 Å². The monoisotopic (exact) mass is 514 g/mol. The average Bonchev–Trinajstić information content (AvgIpc) is 2.79. The molecule has 0 aromatic carbocycles. The molecule has 0 aromatic heterocycles. The fourth-order valence-corrected chi connectivity index (χ4v) is 5.24. The Balaban J connectivity index is 3.86. The van der Waals surface area contributed by atoms with Crippen molar-refractivity contribution < 1.29 is 23.6 Å². The molecule has 0 saturated heterocycles. The second kappa shape index (κ2) is 22.5. The van der Waals surface area contributed by atoms with Crippen molar-refractivity contribution in [1.29, 1.82) is 0 Å². The fraction of sp³-hybridized carbons (Fsp3) is 0.862. The highest BCUT2D eigenvalue weighted by atomic mass is 31.1. The number of unbranched alkanes of at least 4 members (excludes halogenated alkanes) is 15. The molecule has 0 amide bonds. The number of ether oxygens (including phenoxy) is 2. The van der Waals surface area contributed by atoms with Gasteiger partial charge in [-0.3, -0.25) is 0 Å². The van der Waals surface area contributed by atoms with E-state index in [1.54, 1.807) is 6.92 Å². The number of hydrogen-bond acceptors (Lipinski definition) is 4. The molecule has 0 spiro atoms. The van der Waals surface area contributed by atoms with Crippen LogP contribution in [0, 0.1) is 0 Å². The van der Waals surface area contributed by atoms with Crippen LogP contribution in [0.2, 0.25) is 0 Å². The lowest BCUT2D eigenvalue weighted by Crippen LogP contribution is -2.40. The fourth-order valence-electron chi connectivity index (χ4n) is 3.91. The minimum Gasteiger partial charge on any atom is -0.628 e. The maximum atomic E-state index is 12.7. The third-order valence-corrected chi connectivity index (χ3v) is 7.45. The molecule has 5 nitrogen and oxygen atoms in total. The highest BCUT2D eigenvalue weighted by Gasteiger charge is 2.21. The van der Waals surface area contributed by atoms with Gasteiger partial charge in [-0.05, 0) is 13.3 Å². The summed E-state index contributed by atoms with van der Waals surface area (Å²) in [6, 6.07) is 0. The molecule has 1 unspecified atom stereocenters. The second-order valence-electron chi connectivity index (χ2n) is 11.0. The predicted molar refractivity (Wildman–Crippen MR) is 151 cm³/mol. The largest absolute Gasteiger partial charge is 0.628 e. The van der Waals surface area contributed by atoms with Gasteiger partial charge in [-0.15, -0.1) is 0 Å². The van der Waals surface area contributed by atoms with Crippen molar-refractivity contribution in [3.8, 4) is 0 Å². The van der Waals surface area contributed by atoms with Crippen molar-refractivity contribution in [2.75, 3.05) is 47.1 Å². The summed E-state index contributed by atoms with van der Waals surface area (Å²) in [7, 11) is 4.49. The van der Waals surface area contributed by atoms with Gasteiger partial charge in [-0.2, -0.15) is 0 Å². The van der Waals surface area contributed by atoms with Crippen LogP contribution in [0.3, 0.4) is 0 Å². The normalized spacial score (nSPS) is 12.5. The number of rotatable bonds is 24. The van der Waals surface area contributed by atoms with Crippen LogP contribution in [0.4, 0.5) is 0 Å². The summed E-state index contributed by atoms with van der Waals surface area (Å²) < 4.78 is 11.7. The van der Waals surface area contributed by atoms with E-state index in [-0.39, 0.29) is 6.61 Å². The van der Waals surface area contributed by atoms with Crippen LogP contribution >= 0.6 is 7.77 Å². The van der Waals surface area contributed by atoms with E-state index in [0.29, 0.717) is 34.8 Å². The first-order valence-corrected chi connectivity index (χ1v) is 15.7. The molecule has 1 atom stereocenters. The van der Waals surface area contributed by atoms with Crippen LogP contribution < -0.4 is 4.89 Å². The van der Waals surface area contributed by atoms with Gasteiger partial charge in [0, 0.05) is 5.57 Å². The number of quaternary nitrogens is 1. The molecule has 0 aromatic rings. The third kappa shape index (κ3) is 23.4. The molecular weight excluding hydrogens is 457 g/mol. The van der Waals surface area contributed by atoms with Gasteiger partial charge in [0.2, 0.25) is 0 Å². The molecule has 0 radical (unpaired) electrons. The summed E-state index contributed by atoms with van der Waals surface area (Å²) in [6.07, 6.45) is 21.8. The lowest BCUT2D eigenvalue weighted by molar-refractivity contribution is -0.861. The van der Waals surface area contributed by atoms with Gasteiger partial charge in [0.15, 0.2) is 6.54 Å². The summed E-state index contributed by atoms with van der Waals surface area (Å²) in [4.78, 5) is 24.2. The molecular formula is C29H57NO4P+. The Morgan fingerprint density at radius 2 is 1.17 bits per heavy atom. The SMILES string of the molecule is C=C(C)C(=O)OCC[P+]([O-])=C(C[N+](C)(C)C)OCCCCCCCCCCCCCCCCCC. The number of hydrogen-bond donors (Lipinski definition) is 0. The highest BCUT2D eigenvalue weighted by molar-refractivity contribution is 7.51. The van der Waals surface area contributed by atoms with Crippen LogP contribution in [0.1, 0.15) is 117 Å². The van der Waals surface area contributed by atoms with E-state index >= 15 is 0 Å². The highest BCUT2D eigenvalue weighted by Crippen LogP contribution is 2.18. The van der Waals surface area contributed by atoms with Gasteiger partial charge in [0.05, 0.1) is 35.5 Å². The summed E-state index contributed by atoms with van der Waals surface area (Å²) in [5.41, 5.74) is 0.996. The first kappa shape index (κ1) is 34.3. The zero-order valence-corrected chi connectivity index (χ0v) is 24.8. The molecule has 35 heavy (non-hydrogen) atoms. The van der Waals surface area contributed by atoms with Gasteiger partial charge in [0.25, 0.3) is 5.48 Å². The second-order valence-corrected chi connectivity index (χ2v) is 12.7. The molecule has 0 saturated carbocycles. The number of carbonyl (C=O) groups excluding carboxylic acids is 1. The minimum atomic E-state index is -1.68. The van der Waals surface area contributed by atoms with E-state index in [1.807, 2.05) is 0 Å². The van der Waals surface area contributed by atoms with Crippen molar-refractivity contribution in [2.24, 2.45) is 0 Å². The predicted octanol–water partition coefficient (Wildman–Crippen LogP) is 6.98. The molecule has 6 heteroatoms. The molecule has 0 fully saturated rings. The van der Waals surface area contributed by atoms with E-state index in [0.717, 1.165) is 12.8 Å². The van der Waals surface area contributed by atoms with Crippen LogP contribution in [0.5, 0.6) is 0 Å². The summed E-state index contributed by atoms with van der Waals surface area (Å²) in [6.45, 7) is 8.79. The lowest BCUT2D eigenvalue weighted by atomic mass is 10.0. The van der Waals surface area contributed by atoms with Crippen LogP contribution in [0.25, 0.3) is 0 Å². The molecule has 0 bridgehead atoms. The topological polar surface area (TPSA) is 58.6 Å². The number of carbonyl (C=O) groups is 1. The molecule has 0 aliphatic carbocycles. The standard InChI is InChI=1S/C29H57NO4P/c1-7-8-9-10-11-12-13-14-15-16-17-18-19-20-21-22-23-33-28(26-30(4,5)6)35(32)25-24-34-29(31)27(2)3/h2,7-26H2,1,3-6H3/q+1. The van der Waals surface area contributed by atoms with Crippen molar-refractivity contribution in [2.45, 2.75) is 117 Å². The van der Waals surface area contributed by atoms with Gasteiger partial charge in [0.1, 0.15) is 12.8 Å². The Morgan fingerprint density at radius 1 is 0.743 bits per heavy atom. The van der Waals surface area contributed by atoms with Gasteiger partial charge < -0.3 is 18.9 Å². The van der Waals surface area contributed by atoms with Crippen LogP contribution in [-0.4, -0.2) is 63.0 Å². The zero-order chi connectivity index (χ0) is 26.4. The molecule has 0 aliphatic heterocycles. The van der Waals surface area contributed by atoms with E-state index in [2.05, 4.69) is 34.6 Å². The van der Waals surface area contributed by atoms with E-state index in [1.165, 1.54) is 89.9 Å². The van der Waals surface area contributed by atoms with Gasteiger partial charge >= 0.3 is 5.97 Å². The Bertz CT molecular complexity index is 584. The van der Waals surface area contributed by atoms with Crippen molar-refractivity contribution in [3.05, 3.63) is 12.2 Å². The van der Waals surface area contributed by atoms with Crippen LogP contribution in [0.15, 0.2) is 12.2 Å². The molecule has 0 aliphatic rings. The molecule has 206 valence electrons. The Hall–Kier alpha value is -0.740. The molecule has 0 rings (SSSR count). The van der Waals surface area contributed by atoms with Gasteiger partial charge in [-0.25, -0.2) is 4.79 Å². The van der Waals surface area contributed by atoms with E-state index < -0.39 is 13.7 Å². The maximum Gasteiger partial charge on any atom is 0.333 e. The van der Waals surface area contributed by atoms with Crippen molar-refractivity contribution >= 4 is 19.2 Å². The molecule has 0 heterocycles. The Kier molecular flexibility index (Phi) is 22.0. The summed E-state index contributed by atoms with van der Waals surface area (Å²) >= 11 is 0. The minimum absolute atomic E-state index is 0.129. The Morgan fingerprint density at radius 3 is 1.57 bits per heavy atom. The summed E-state index contributed by atoms with van der Waals surface area (Å²) in [5, 5.41) is 0. The zero-order valence-electron chi connectivity index (χ0n) is 23.9. The third-order valence-electron chi connectivity index (χ3n) is 6.03. The molecule has 0 N–H and O–H groups in total. The number of likely N-dealkylation sites (N-methyl/N-ethyl adjacent to an activating group) is 1. The number of esters is 1.